The number of ether oxygens (including phenoxy) is 2. The molecule has 0 spiro atoms. The maximum Gasteiger partial charge on any atom is 0.344 e. The van der Waals surface area contributed by atoms with Crippen LogP contribution in [0.25, 0.3) is 0 Å². The molecule has 28 heavy (non-hydrogen) atoms. The Hall–Kier alpha value is -2.04. The van der Waals surface area contributed by atoms with E-state index in [1.165, 1.54) is 23.1 Å². The van der Waals surface area contributed by atoms with Crippen molar-refractivity contribution >= 4 is 18.4 Å². The fraction of sp³-hybridized carbons (Fsp3) is 0.435. The van der Waals surface area contributed by atoms with Gasteiger partial charge < -0.3 is 14.8 Å². The molecule has 1 aliphatic carbocycles. The smallest absolute Gasteiger partial charge is 0.344 e. The van der Waals surface area contributed by atoms with Gasteiger partial charge in [0.1, 0.15) is 5.75 Å². The first-order chi connectivity index (χ1) is 13.2. The van der Waals surface area contributed by atoms with Gasteiger partial charge in [-0.3, -0.25) is 0 Å². The molecule has 4 nitrogen and oxygen atoms in total. The van der Waals surface area contributed by atoms with Crippen LogP contribution < -0.4 is 10.1 Å². The van der Waals surface area contributed by atoms with E-state index in [4.69, 9.17) is 9.47 Å². The normalized spacial score (nSPS) is 16.9. The summed E-state index contributed by atoms with van der Waals surface area (Å²) in [6.45, 7) is 4.35. The molecule has 2 aromatic rings. The van der Waals surface area contributed by atoms with Gasteiger partial charge in [-0.1, -0.05) is 36.4 Å². The average Bonchev–Trinajstić information content (AvgIpc) is 2.88. The maximum absolute atomic E-state index is 11.5. The number of carbonyl (C=O) groups is 1. The molecule has 1 N–H and O–H groups in total. The van der Waals surface area contributed by atoms with E-state index >= 15 is 0 Å². The quantitative estimate of drug-likeness (QED) is 0.540. The van der Waals surface area contributed by atoms with Gasteiger partial charge in [0.2, 0.25) is 0 Å². The summed E-state index contributed by atoms with van der Waals surface area (Å²) in [4.78, 5) is 11.5. The number of fused-ring (bicyclic) bond motifs is 1. The second-order valence-electron chi connectivity index (χ2n) is 7.12. The molecule has 0 bridgehead atoms. The molecule has 0 aliphatic heterocycles. The van der Waals surface area contributed by atoms with Crippen molar-refractivity contribution in [1.82, 2.24) is 5.32 Å². The molecular formula is C23H30ClNO3. The van der Waals surface area contributed by atoms with Crippen molar-refractivity contribution in [2.75, 3.05) is 13.2 Å². The lowest BCUT2D eigenvalue weighted by atomic mass is 10.00. The fourth-order valence-corrected chi connectivity index (χ4v) is 3.71. The molecule has 5 heteroatoms. The summed E-state index contributed by atoms with van der Waals surface area (Å²) in [5.74, 6) is 0.405. The average molecular weight is 404 g/mol. The highest BCUT2D eigenvalue weighted by atomic mass is 35.5. The zero-order chi connectivity index (χ0) is 19.1. The molecule has 0 heterocycles. The van der Waals surface area contributed by atoms with Crippen LogP contribution >= 0.6 is 12.4 Å². The number of esters is 1. The summed E-state index contributed by atoms with van der Waals surface area (Å²) in [6.07, 6.45) is 4.40. The molecule has 152 valence electrons. The van der Waals surface area contributed by atoms with Gasteiger partial charge in [-0.15, -0.1) is 12.4 Å². The maximum atomic E-state index is 11.5. The number of hydrogen-bond donors (Lipinski definition) is 1. The van der Waals surface area contributed by atoms with E-state index in [9.17, 15) is 4.79 Å². The second-order valence-corrected chi connectivity index (χ2v) is 7.12. The lowest BCUT2D eigenvalue weighted by molar-refractivity contribution is -0.145. The van der Waals surface area contributed by atoms with Crippen molar-refractivity contribution in [2.45, 2.75) is 51.6 Å². The van der Waals surface area contributed by atoms with Crippen molar-refractivity contribution in [1.29, 1.82) is 0 Å². The highest BCUT2D eigenvalue weighted by Crippen LogP contribution is 2.26. The third kappa shape index (κ3) is 6.25. The van der Waals surface area contributed by atoms with Crippen LogP contribution in [0.3, 0.4) is 0 Å². The van der Waals surface area contributed by atoms with Crippen molar-refractivity contribution in [3.63, 3.8) is 0 Å². The Bertz CT molecular complexity index is 751. The minimum absolute atomic E-state index is 0. The summed E-state index contributed by atoms with van der Waals surface area (Å²) >= 11 is 0. The third-order valence-corrected chi connectivity index (χ3v) is 5.09. The van der Waals surface area contributed by atoms with Gasteiger partial charge in [0.15, 0.2) is 6.61 Å². The largest absolute Gasteiger partial charge is 0.482 e. The molecule has 2 atom stereocenters. The summed E-state index contributed by atoms with van der Waals surface area (Å²) in [5, 5.41) is 3.79. The first kappa shape index (κ1) is 22.3. The number of aryl methyl sites for hydroxylation is 1. The molecule has 0 saturated carbocycles. The fourth-order valence-electron chi connectivity index (χ4n) is 3.71. The van der Waals surface area contributed by atoms with Crippen LogP contribution in [0.15, 0.2) is 48.5 Å². The zero-order valence-electron chi connectivity index (χ0n) is 16.6. The molecule has 0 aromatic heterocycles. The number of nitrogens with one attached hydrogen (secondary N) is 1. The van der Waals surface area contributed by atoms with Gasteiger partial charge in [0.25, 0.3) is 0 Å². The summed E-state index contributed by atoms with van der Waals surface area (Å²) in [5.41, 5.74) is 4.01. The summed E-state index contributed by atoms with van der Waals surface area (Å²) in [6, 6.07) is 17.5. The Morgan fingerprint density at radius 1 is 1.18 bits per heavy atom. The van der Waals surface area contributed by atoms with Crippen LogP contribution in [0.2, 0.25) is 0 Å². The standard InChI is InChI=1S/C23H29NO3.ClH/c1-3-26-23(25)16-27-22-13-12-19-10-7-11-21(14-20(19)15-22)24-17(2)18-8-5-4-6-9-18;/h4-6,8-9,12-13,15,17,21,24H,3,7,10-11,14,16H2,1-2H3;1H/t17-,21-;/m0./s1. The number of rotatable bonds is 7. The van der Waals surface area contributed by atoms with E-state index in [-0.39, 0.29) is 25.0 Å². The van der Waals surface area contributed by atoms with Crippen LogP contribution in [-0.2, 0) is 22.4 Å². The molecule has 2 aromatic carbocycles. The zero-order valence-corrected chi connectivity index (χ0v) is 17.5. The Labute approximate surface area is 174 Å². The first-order valence-corrected chi connectivity index (χ1v) is 9.87. The molecule has 0 radical (unpaired) electrons. The van der Waals surface area contributed by atoms with Gasteiger partial charge in [0, 0.05) is 12.1 Å². The molecule has 0 fully saturated rings. The minimum atomic E-state index is -0.330. The molecule has 0 saturated heterocycles. The van der Waals surface area contributed by atoms with Gasteiger partial charge >= 0.3 is 5.97 Å². The first-order valence-electron chi connectivity index (χ1n) is 9.87. The van der Waals surface area contributed by atoms with Gasteiger partial charge in [-0.2, -0.15) is 0 Å². The SMILES string of the molecule is CCOC(=O)COc1ccc2c(c1)C[C@@H](N[C@@H](C)c1ccccc1)CCC2.Cl. The highest BCUT2D eigenvalue weighted by Gasteiger charge is 2.19. The monoisotopic (exact) mass is 403 g/mol. The van der Waals surface area contributed by atoms with E-state index in [2.05, 4.69) is 54.7 Å². The predicted molar refractivity (Wildman–Crippen MR) is 114 cm³/mol. The topological polar surface area (TPSA) is 47.6 Å². The van der Waals surface area contributed by atoms with Crippen LogP contribution in [0, 0.1) is 0 Å². The molecule has 1 aliphatic rings. The number of halogens is 1. The van der Waals surface area contributed by atoms with E-state index < -0.39 is 0 Å². The minimum Gasteiger partial charge on any atom is -0.482 e. The Morgan fingerprint density at radius 3 is 2.71 bits per heavy atom. The number of carbonyl (C=O) groups excluding carboxylic acids is 1. The van der Waals surface area contributed by atoms with Gasteiger partial charge in [-0.25, -0.2) is 4.79 Å². The highest BCUT2D eigenvalue weighted by molar-refractivity contribution is 5.85. The van der Waals surface area contributed by atoms with E-state index in [1.807, 2.05) is 6.07 Å². The third-order valence-electron chi connectivity index (χ3n) is 5.09. The van der Waals surface area contributed by atoms with Crippen molar-refractivity contribution < 1.29 is 14.3 Å². The van der Waals surface area contributed by atoms with Crippen LogP contribution in [-0.4, -0.2) is 25.2 Å². The Balaban J connectivity index is 0.00000280. The Morgan fingerprint density at radius 2 is 1.96 bits per heavy atom. The number of hydrogen-bond acceptors (Lipinski definition) is 4. The summed E-state index contributed by atoms with van der Waals surface area (Å²) < 4.78 is 10.5. The van der Waals surface area contributed by atoms with Crippen LogP contribution in [0.4, 0.5) is 0 Å². The van der Waals surface area contributed by atoms with Gasteiger partial charge in [0.05, 0.1) is 6.61 Å². The molecule has 3 rings (SSSR count). The molecule has 0 amide bonds. The second kappa shape index (κ2) is 11.1. The van der Waals surface area contributed by atoms with Crippen molar-refractivity contribution in [3.05, 3.63) is 65.2 Å². The number of benzene rings is 2. The lowest BCUT2D eigenvalue weighted by Crippen LogP contribution is -2.33. The van der Waals surface area contributed by atoms with E-state index in [0.717, 1.165) is 25.0 Å². The lowest BCUT2D eigenvalue weighted by Gasteiger charge is -2.23. The Kier molecular flexibility index (Phi) is 8.81. The van der Waals surface area contributed by atoms with Crippen LogP contribution in [0.5, 0.6) is 5.75 Å². The predicted octanol–water partition coefficient (Wildman–Crippen LogP) is 4.65. The van der Waals surface area contributed by atoms with Crippen LogP contribution in [0.1, 0.15) is 49.4 Å². The van der Waals surface area contributed by atoms with E-state index in [0.29, 0.717) is 18.7 Å². The summed E-state index contributed by atoms with van der Waals surface area (Å²) in [7, 11) is 0. The van der Waals surface area contributed by atoms with Crippen molar-refractivity contribution in [2.24, 2.45) is 0 Å². The van der Waals surface area contributed by atoms with E-state index in [1.54, 1.807) is 6.92 Å². The van der Waals surface area contributed by atoms with Gasteiger partial charge in [-0.05, 0) is 68.4 Å². The molecule has 0 unspecified atom stereocenters. The molecular weight excluding hydrogens is 374 g/mol. The van der Waals surface area contributed by atoms with Crippen molar-refractivity contribution in [3.8, 4) is 5.75 Å².